The molecule has 0 saturated carbocycles. The third kappa shape index (κ3) is 3.72. The maximum Gasteiger partial charge on any atom is 0.387 e. The lowest BCUT2D eigenvalue weighted by atomic mass is 10.1. The molecule has 1 aliphatic heterocycles. The van der Waals surface area contributed by atoms with E-state index in [4.69, 9.17) is 0 Å². The fourth-order valence-corrected chi connectivity index (χ4v) is 3.73. The minimum absolute atomic E-state index is 0.177. The van der Waals surface area contributed by atoms with Crippen molar-refractivity contribution in [2.75, 3.05) is 0 Å². The van der Waals surface area contributed by atoms with Gasteiger partial charge in [-0.15, -0.1) is 0 Å². The molecule has 2 heterocycles. The van der Waals surface area contributed by atoms with Crippen LogP contribution < -0.4 is 9.30 Å². The molecule has 4 rings (SSSR count). The van der Waals surface area contributed by atoms with Crippen LogP contribution >= 0.6 is 0 Å². The van der Waals surface area contributed by atoms with Crippen molar-refractivity contribution in [3.8, 4) is 22.7 Å². The molecule has 0 saturated heterocycles. The highest BCUT2D eigenvalue weighted by Crippen LogP contribution is 2.28. The van der Waals surface area contributed by atoms with E-state index in [2.05, 4.69) is 51.3 Å². The third-order valence-corrected chi connectivity index (χ3v) is 5.08. The average Bonchev–Trinajstić information content (AvgIpc) is 2.85. The summed E-state index contributed by atoms with van der Waals surface area (Å²) in [5.41, 5.74) is 4.45. The molecule has 3 nitrogen and oxygen atoms in total. The zero-order valence-corrected chi connectivity index (χ0v) is 15.4. The van der Waals surface area contributed by atoms with E-state index in [-0.39, 0.29) is 5.75 Å². The summed E-state index contributed by atoms with van der Waals surface area (Å²) in [6, 6.07) is 15.4. The molecule has 27 heavy (non-hydrogen) atoms. The molecule has 0 unspecified atom stereocenters. The van der Waals surface area contributed by atoms with Gasteiger partial charge in [0.05, 0.1) is 6.54 Å². The van der Waals surface area contributed by atoms with Gasteiger partial charge in [0.2, 0.25) is 0 Å². The van der Waals surface area contributed by atoms with Gasteiger partial charge in [0.15, 0.2) is 5.69 Å². The van der Waals surface area contributed by atoms with Gasteiger partial charge in [-0.3, -0.25) is 0 Å². The van der Waals surface area contributed by atoms with Crippen LogP contribution in [0.3, 0.4) is 0 Å². The molecular formula is C22H23F2N2O+. The second-order valence-electron chi connectivity index (χ2n) is 7.01. The van der Waals surface area contributed by atoms with Crippen LogP contribution in [-0.4, -0.2) is 11.2 Å². The molecule has 140 valence electrons. The number of fused-ring (bicyclic) bond motifs is 1. The number of ether oxygens (including phenoxy) is 1. The van der Waals surface area contributed by atoms with Crippen LogP contribution in [0.2, 0.25) is 0 Å². The Morgan fingerprint density at radius 2 is 1.70 bits per heavy atom. The van der Waals surface area contributed by atoms with Crippen molar-refractivity contribution >= 4 is 0 Å². The summed E-state index contributed by atoms with van der Waals surface area (Å²) in [5.74, 6) is 1.43. The molecule has 0 fully saturated rings. The van der Waals surface area contributed by atoms with Crippen LogP contribution in [0.1, 0.15) is 30.7 Å². The van der Waals surface area contributed by atoms with E-state index in [9.17, 15) is 8.78 Å². The first-order chi connectivity index (χ1) is 13.1. The van der Waals surface area contributed by atoms with Gasteiger partial charge in [0, 0.05) is 12.0 Å². The van der Waals surface area contributed by atoms with Gasteiger partial charge in [0.25, 0.3) is 5.82 Å². The first-order valence-electron chi connectivity index (χ1n) is 9.38. The third-order valence-electron chi connectivity index (χ3n) is 5.08. The Kier molecular flexibility index (Phi) is 4.92. The zero-order chi connectivity index (χ0) is 18.8. The lowest BCUT2D eigenvalue weighted by molar-refractivity contribution is -0.702. The molecule has 0 bridgehead atoms. The number of rotatable bonds is 4. The van der Waals surface area contributed by atoms with Crippen LogP contribution in [0.5, 0.6) is 5.75 Å². The second kappa shape index (κ2) is 7.51. The Labute approximate surface area is 157 Å². The normalized spacial score (nSPS) is 14.1. The lowest BCUT2D eigenvalue weighted by Crippen LogP contribution is -2.35. The van der Waals surface area contributed by atoms with Crippen molar-refractivity contribution in [1.82, 2.24) is 4.57 Å². The van der Waals surface area contributed by atoms with Crippen LogP contribution in [-0.2, 0) is 13.0 Å². The highest BCUT2D eigenvalue weighted by molar-refractivity contribution is 5.62. The second-order valence-corrected chi connectivity index (χ2v) is 7.01. The van der Waals surface area contributed by atoms with Crippen LogP contribution in [0, 0.1) is 6.92 Å². The largest absolute Gasteiger partial charge is 0.435 e. The number of imidazole rings is 1. The standard InChI is InChI=1S/C22H23F2N2O/c1-16-6-8-17(9-7-16)20-15-25-14-4-2-3-5-21(25)26(20)18-10-12-19(13-11-18)27-22(23)24/h6-13,15,22H,2-5,14H2,1H3/q+1. The molecule has 3 aromatic rings. The SMILES string of the molecule is Cc1ccc(-c2c[n+]3c(n2-c2ccc(OC(F)F)cc2)CCCCC3)cc1. The van der Waals surface area contributed by atoms with E-state index in [0.29, 0.717) is 0 Å². The van der Waals surface area contributed by atoms with Gasteiger partial charge in [-0.05, 0) is 50.5 Å². The number of alkyl halides is 2. The van der Waals surface area contributed by atoms with Crippen LogP contribution in [0.25, 0.3) is 16.9 Å². The maximum absolute atomic E-state index is 12.5. The molecule has 0 atom stereocenters. The van der Waals surface area contributed by atoms with Crippen molar-refractivity contribution in [1.29, 1.82) is 0 Å². The average molecular weight is 369 g/mol. The fraction of sp³-hybridized carbons (Fsp3) is 0.318. The van der Waals surface area contributed by atoms with Gasteiger partial charge < -0.3 is 4.74 Å². The Balaban J connectivity index is 1.82. The molecule has 0 N–H and O–H groups in total. The highest BCUT2D eigenvalue weighted by atomic mass is 19.3. The van der Waals surface area contributed by atoms with E-state index in [0.717, 1.165) is 36.3 Å². The molecule has 2 aromatic carbocycles. The summed E-state index contributed by atoms with van der Waals surface area (Å²) in [6.07, 6.45) is 6.78. The van der Waals surface area contributed by atoms with E-state index in [1.165, 1.54) is 24.2 Å². The number of hydrogen-bond donors (Lipinski definition) is 0. The Morgan fingerprint density at radius 3 is 2.41 bits per heavy atom. The minimum atomic E-state index is -2.81. The van der Waals surface area contributed by atoms with Crippen molar-refractivity contribution in [2.45, 2.75) is 45.8 Å². The fourth-order valence-electron chi connectivity index (χ4n) is 3.73. The van der Waals surface area contributed by atoms with Gasteiger partial charge >= 0.3 is 6.61 Å². The first kappa shape index (κ1) is 17.7. The van der Waals surface area contributed by atoms with Crippen molar-refractivity contribution in [3.05, 3.63) is 66.1 Å². The van der Waals surface area contributed by atoms with Gasteiger partial charge in [-0.25, -0.2) is 4.57 Å². The van der Waals surface area contributed by atoms with Crippen molar-refractivity contribution in [3.63, 3.8) is 0 Å². The van der Waals surface area contributed by atoms with E-state index >= 15 is 0 Å². The quantitative estimate of drug-likeness (QED) is 0.587. The number of nitrogens with zero attached hydrogens (tertiary/aromatic N) is 2. The zero-order valence-electron chi connectivity index (χ0n) is 15.4. The smallest absolute Gasteiger partial charge is 0.387 e. The van der Waals surface area contributed by atoms with Gasteiger partial charge in [-0.2, -0.15) is 13.3 Å². The molecule has 5 heteroatoms. The van der Waals surface area contributed by atoms with Gasteiger partial charge in [0.1, 0.15) is 17.6 Å². The molecule has 0 spiro atoms. The summed E-state index contributed by atoms with van der Waals surface area (Å²) >= 11 is 0. The summed E-state index contributed by atoms with van der Waals surface area (Å²) in [7, 11) is 0. The number of benzene rings is 2. The van der Waals surface area contributed by atoms with Crippen molar-refractivity contribution in [2.24, 2.45) is 0 Å². The number of aromatic nitrogens is 2. The maximum atomic E-state index is 12.5. The summed E-state index contributed by atoms with van der Waals surface area (Å²) in [6.45, 7) is 0.278. The highest BCUT2D eigenvalue weighted by Gasteiger charge is 2.27. The van der Waals surface area contributed by atoms with Crippen LogP contribution in [0.15, 0.2) is 54.7 Å². The van der Waals surface area contributed by atoms with Gasteiger partial charge in [-0.1, -0.05) is 29.8 Å². The molecule has 0 aliphatic carbocycles. The summed E-state index contributed by atoms with van der Waals surface area (Å²) in [5, 5.41) is 0. The molecule has 1 aromatic heterocycles. The predicted molar refractivity (Wildman–Crippen MR) is 100 cm³/mol. The van der Waals surface area contributed by atoms with E-state index in [1.807, 2.05) is 12.1 Å². The topological polar surface area (TPSA) is 18.0 Å². The predicted octanol–water partition coefficient (Wildman–Crippen LogP) is 5.07. The minimum Gasteiger partial charge on any atom is -0.435 e. The Bertz CT molecular complexity index is 915. The first-order valence-corrected chi connectivity index (χ1v) is 9.38. The van der Waals surface area contributed by atoms with E-state index in [1.54, 1.807) is 12.1 Å². The monoisotopic (exact) mass is 369 g/mol. The summed E-state index contributed by atoms with van der Waals surface area (Å²) in [4.78, 5) is 0. The molecule has 1 aliphatic rings. The molecular weight excluding hydrogens is 346 g/mol. The van der Waals surface area contributed by atoms with Crippen molar-refractivity contribution < 1.29 is 18.1 Å². The number of halogens is 2. The molecule has 0 amide bonds. The van der Waals surface area contributed by atoms with Crippen LogP contribution in [0.4, 0.5) is 8.78 Å². The lowest BCUT2D eigenvalue weighted by Gasteiger charge is -2.08. The Morgan fingerprint density at radius 1 is 0.963 bits per heavy atom. The Hall–Kier alpha value is -2.69. The summed E-state index contributed by atoms with van der Waals surface area (Å²) < 4.78 is 34.0. The molecule has 0 radical (unpaired) electrons. The van der Waals surface area contributed by atoms with E-state index < -0.39 is 6.61 Å². The number of aryl methyl sites for hydroxylation is 2. The number of hydrogen-bond acceptors (Lipinski definition) is 1.